The van der Waals surface area contributed by atoms with Crippen molar-refractivity contribution in [3.63, 3.8) is 0 Å². The summed E-state index contributed by atoms with van der Waals surface area (Å²) in [5.41, 5.74) is 9.93. The van der Waals surface area contributed by atoms with Gasteiger partial charge in [-0.05, 0) is 61.0 Å². The average molecular weight is 387 g/mol. The number of halogens is 1. The topological polar surface area (TPSA) is 84.7 Å². The summed E-state index contributed by atoms with van der Waals surface area (Å²) in [6.07, 6.45) is 0. The SMILES string of the molecule is Cc1ccc2c(N)c(-c3ccc(C#N)cc3)c(=O)n(-c3ccc(Cl)cc3)c2n1. The first-order valence-corrected chi connectivity index (χ1v) is 8.95. The first-order chi connectivity index (χ1) is 13.5. The van der Waals surface area contributed by atoms with Crippen molar-refractivity contribution < 1.29 is 0 Å². The highest BCUT2D eigenvalue weighted by atomic mass is 35.5. The number of fused-ring (bicyclic) bond motifs is 1. The lowest BCUT2D eigenvalue weighted by atomic mass is 10.0. The van der Waals surface area contributed by atoms with Gasteiger partial charge < -0.3 is 5.73 Å². The van der Waals surface area contributed by atoms with Gasteiger partial charge in [0.25, 0.3) is 5.56 Å². The number of nitriles is 1. The van der Waals surface area contributed by atoms with E-state index in [9.17, 15) is 4.79 Å². The smallest absolute Gasteiger partial charge is 0.266 e. The minimum Gasteiger partial charge on any atom is -0.397 e. The predicted molar refractivity (Wildman–Crippen MR) is 112 cm³/mol. The summed E-state index contributed by atoms with van der Waals surface area (Å²) < 4.78 is 1.54. The summed E-state index contributed by atoms with van der Waals surface area (Å²) in [4.78, 5) is 18.1. The lowest BCUT2D eigenvalue weighted by Crippen LogP contribution is -2.23. The molecule has 6 heteroatoms. The summed E-state index contributed by atoms with van der Waals surface area (Å²) in [6.45, 7) is 1.86. The maximum Gasteiger partial charge on any atom is 0.266 e. The van der Waals surface area contributed by atoms with Gasteiger partial charge >= 0.3 is 0 Å². The Labute approximate surface area is 166 Å². The zero-order chi connectivity index (χ0) is 19.8. The normalized spacial score (nSPS) is 10.8. The molecule has 0 saturated heterocycles. The lowest BCUT2D eigenvalue weighted by molar-refractivity contribution is 1.01. The summed E-state index contributed by atoms with van der Waals surface area (Å²) in [5, 5.41) is 10.3. The molecule has 136 valence electrons. The number of aromatic nitrogens is 2. The number of anilines is 1. The van der Waals surface area contributed by atoms with Crippen LogP contribution in [0, 0.1) is 18.3 Å². The Bertz CT molecular complexity index is 1300. The van der Waals surface area contributed by atoms with Gasteiger partial charge in [0.1, 0.15) is 5.65 Å². The largest absolute Gasteiger partial charge is 0.397 e. The highest BCUT2D eigenvalue weighted by Gasteiger charge is 2.18. The number of benzene rings is 2. The number of hydrogen-bond donors (Lipinski definition) is 1. The van der Waals surface area contributed by atoms with E-state index in [2.05, 4.69) is 11.1 Å². The van der Waals surface area contributed by atoms with Crippen LogP contribution in [0.4, 0.5) is 5.69 Å². The van der Waals surface area contributed by atoms with E-state index in [4.69, 9.17) is 22.6 Å². The molecule has 2 aromatic heterocycles. The quantitative estimate of drug-likeness (QED) is 0.550. The van der Waals surface area contributed by atoms with E-state index >= 15 is 0 Å². The van der Waals surface area contributed by atoms with Crippen LogP contribution in [0.5, 0.6) is 0 Å². The van der Waals surface area contributed by atoms with Gasteiger partial charge in [-0.25, -0.2) is 4.98 Å². The molecule has 0 aliphatic carbocycles. The van der Waals surface area contributed by atoms with Gasteiger partial charge in [0.2, 0.25) is 0 Å². The Hall–Kier alpha value is -3.62. The molecule has 5 nitrogen and oxygen atoms in total. The summed E-state index contributed by atoms with van der Waals surface area (Å²) in [5.74, 6) is 0. The molecule has 0 unspecified atom stereocenters. The molecular weight excluding hydrogens is 372 g/mol. The van der Waals surface area contributed by atoms with E-state index in [1.807, 2.05) is 19.1 Å². The molecular formula is C22H15ClN4O. The second-order valence-electron chi connectivity index (χ2n) is 6.42. The fourth-order valence-electron chi connectivity index (χ4n) is 3.20. The molecule has 28 heavy (non-hydrogen) atoms. The van der Waals surface area contributed by atoms with E-state index in [0.717, 1.165) is 5.69 Å². The number of nitrogens with two attached hydrogens (primary N) is 1. The van der Waals surface area contributed by atoms with Crippen molar-refractivity contribution in [2.75, 3.05) is 5.73 Å². The van der Waals surface area contributed by atoms with E-state index in [1.54, 1.807) is 53.1 Å². The van der Waals surface area contributed by atoms with Crippen LogP contribution in [0.25, 0.3) is 27.8 Å². The van der Waals surface area contributed by atoms with Crippen LogP contribution in [-0.2, 0) is 0 Å². The van der Waals surface area contributed by atoms with E-state index in [-0.39, 0.29) is 5.56 Å². The zero-order valence-electron chi connectivity index (χ0n) is 15.0. The third-order valence-electron chi connectivity index (χ3n) is 4.59. The summed E-state index contributed by atoms with van der Waals surface area (Å²) in [7, 11) is 0. The molecule has 0 atom stereocenters. The lowest BCUT2D eigenvalue weighted by Gasteiger charge is -2.16. The maximum absolute atomic E-state index is 13.5. The molecule has 0 saturated carbocycles. The van der Waals surface area contributed by atoms with E-state index in [1.165, 1.54) is 0 Å². The first kappa shape index (κ1) is 17.8. The monoisotopic (exact) mass is 386 g/mol. The van der Waals surface area contributed by atoms with E-state index in [0.29, 0.717) is 44.1 Å². The summed E-state index contributed by atoms with van der Waals surface area (Å²) in [6, 6.07) is 19.6. The van der Waals surface area contributed by atoms with Crippen molar-refractivity contribution in [2.45, 2.75) is 6.92 Å². The molecule has 0 bridgehead atoms. The van der Waals surface area contributed by atoms with Crippen LogP contribution in [0.2, 0.25) is 5.02 Å². The number of hydrogen-bond acceptors (Lipinski definition) is 4. The van der Waals surface area contributed by atoms with Crippen LogP contribution >= 0.6 is 11.6 Å². The molecule has 0 aliphatic heterocycles. The number of aryl methyl sites for hydroxylation is 1. The average Bonchev–Trinajstić information content (AvgIpc) is 2.70. The van der Waals surface area contributed by atoms with Gasteiger partial charge in [0, 0.05) is 16.1 Å². The van der Waals surface area contributed by atoms with Crippen molar-refractivity contribution >= 4 is 28.3 Å². The van der Waals surface area contributed by atoms with Crippen molar-refractivity contribution in [1.29, 1.82) is 5.26 Å². The highest BCUT2D eigenvalue weighted by molar-refractivity contribution is 6.30. The number of nitrogens with zero attached hydrogens (tertiary/aromatic N) is 3. The molecule has 2 aromatic carbocycles. The van der Waals surface area contributed by atoms with Crippen LogP contribution in [-0.4, -0.2) is 9.55 Å². The van der Waals surface area contributed by atoms with Gasteiger partial charge in [-0.2, -0.15) is 5.26 Å². The Morgan fingerprint density at radius 3 is 2.36 bits per heavy atom. The van der Waals surface area contributed by atoms with Gasteiger partial charge in [-0.15, -0.1) is 0 Å². The van der Waals surface area contributed by atoms with Crippen LogP contribution in [0.3, 0.4) is 0 Å². The zero-order valence-corrected chi connectivity index (χ0v) is 15.7. The van der Waals surface area contributed by atoms with Gasteiger partial charge in [-0.3, -0.25) is 9.36 Å². The molecule has 0 amide bonds. The summed E-state index contributed by atoms with van der Waals surface area (Å²) >= 11 is 6.01. The third kappa shape index (κ3) is 2.90. The Balaban J connectivity index is 2.12. The van der Waals surface area contributed by atoms with E-state index < -0.39 is 0 Å². The standard InChI is InChI=1S/C22H15ClN4O/c1-13-2-11-18-20(25)19(15-5-3-14(12-24)4-6-15)22(28)27(21(18)26-13)17-9-7-16(23)8-10-17/h2-11H,25H2,1H3. The molecule has 0 radical (unpaired) electrons. The van der Waals surface area contributed by atoms with Crippen molar-refractivity contribution in [3.05, 3.63) is 87.3 Å². The Morgan fingerprint density at radius 1 is 1.04 bits per heavy atom. The predicted octanol–water partition coefficient (Wildman–Crippen LogP) is 4.47. The van der Waals surface area contributed by atoms with Crippen molar-refractivity contribution in [2.24, 2.45) is 0 Å². The van der Waals surface area contributed by atoms with Crippen LogP contribution < -0.4 is 11.3 Å². The Kier molecular flexibility index (Phi) is 4.34. The fraction of sp³-hybridized carbons (Fsp3) is 0.0455. The molecule has 0 aliphatic rings. The third-order valence-corrected chi connectivity index (χ3v) is 4.84. The second-order valence-corrected chi connectivity index (χ2v) is 6.86. The van der Waals surface area contributed by atoms with Gasteiger partial charge in [0.05, 0.1) is 28.6 Å². The minimum atomic E-state index is -0.282. The van der Waals surface area contributed by atoms with Crippen LogP contribution in [0.15, 0.2) is 65.5 Å². The molecule has 0 fully saturated rings. The molecule has 2 heterocycles. The second kappa shape index (κ2) is 6.84. The minimum absolute atomic E-state index is 0.282. The van der Waals surface area contributed by atoms with Gasteiger partial charge in [0.15, 0.2) is 0 Å². The fourth-order valence-corrected chi connectivity index (χ4v) is 3.33. The first-order valence-electron chi connectivity index (χ1n) is 8.58. The van der Waals surface area contributed by atoms with Crippen molar-refractivity contribution in [3.8, 4) is 22.9 Å². The highest BCUT2D eigenvalue weighted by Crippen LogP contribution is 2.30. The van der Waals surface area contributed by atoms with Gasteiger partial charge in [-0.1, -0.05) is 23.7 Å². The number of nitrogen functional groups attached to an aromatic ring is 1. The van der Waals surface area contributed by atoms with Crippen molar-refractivity contribution in [1.82, 2.24) is 9.55 Å². The maximum atomic E-state index is 13.5. The number of rotatable bonds is 2. The molecule has 2 N–H and O–H groups in total. The molecule has 0 spiro atoms. The molecule has 4 rings (SSSR count). The van der Waals surface area contributed by atoms with Crippen LogP contribution in [0.1, 0.15) is 11.3 Å². The Morgan fingerprint density at radius 2 is 1.71 bits per heavy atom. The number of pyridine rings is 2. The molecule has 4 aromatic rings.